The molecule has 0 bridgehead atoms. The van der Waals surface area contributed by atoms with Gasteiger partial charge in [-0.15, -0.1) is 0 Å². The maximum Gasteiger partial charge on any atom is 0.101 e. The normalized spacial score (nSPS) is 14.2. The van der Waals surface area contributed by atoms with Crippen molar-refractivity contribution < 1.29 is 0 Å². The van der Waals surface area contributed by atoms with E-state index in [1.807, 2.05) is 0 Å². The summed E-state index contributed by atoms with van der Waals surface area (Å²) in [6.45, 7) is 6.98. The van der Waals surface area contributed by atoms with Crippen LogP contribution in [0.25, 0.3) is 0 Å². The summed E-state index contributed by atoms with van der Waals surface area (Å²) in [7, 11) is 0. The Hall–Kier alpha value is -1.34. The highest BCUT2D eigenvalue weighted by molar-refractivity contribution is 5.10. The van der Waals surface area contributed by atoms with Gasteiger partial charge in [-0.25, -0.2) is 0 Å². The average molecular weight is 248 g/mol. The Balaban J connectivity index is 2.44. The standard InChI is InChI=1S/C14H24N4/c1-4-12-10-13(5-2)18(17-12)9-7-6-8-14(3,16)11-15/h10H,4-9,16H2,1-3H3. The van der Waals surface area contributed by atoms with Gasteiger partial charge in [-0.1, -0.05) is 13.8 Å². The van der Waals surface area contributed by atoms with Gasteiger partial charge >= 0.3 is 0 Å². The van der Waals surface area contributed by atoms with Crippen LogP contribution in [-0.2, 0) is 19.4 Å². The number of nitrogens with zero attached hydrogens (tertiary/aromatic N) is 3. The highest BCUT2D eigenvalue weighted by Gasteiger charge is 2.16. The van der Waals surface area contributed by atoms with Gasteiger partial charge < -0.3 is 5.73 Å². The van der Waals surface area contributed by atoms with Gasteiger partial charge in [0.2, 0.25) is 0 Å². The lowest BCUT2D eigenvalue weighted by Crippen LogP contribution is -2.33. The molecular formula is C14H24N4. The molecule has 18 heavy (non-hydrogen) atoms. The van der Waals surface area contributed by atoms with E-state index in [1.165, 1.54) is 5.69 Å². The summed E-state index contributed by atoms with van der Waals surface area (Å²) in [5.41, 5.74) is 7.56. The third-order valence-corrected chi connectivity index (χ3v) is 3.21. The van der Waals surface area contributed by atoms with E-state index in [-0.39, 0.29) is 0 Å². The molecule has 1 aromatic heterocycles. The summed E-state index contributed by atoms with van der Waals surface area (Å²) in [4.78, 5) is 0. The lowest BCUT2D eigenvalue weighted by atomic mass is 9.98. The van der Waals surface area contributed by atoms with Crippen molar-refractivity contribution in [3.8, 4) is 6.07 Å². The third kappa shape index (κ3) is 4.15. The molecule has 0 spiro atoms. The molecule has 0 saturated carbocycles. The molecule has 4 heteroatoms. The van der Waals surface area contributed by atoms with E-state index in [2.05, 4.69) is 35.8 Å². The van der Waals surface area contributed by atoms with E-state index < -0.39 is 5.54 Å². The second-order valence-corrected chi connectivity index (χ2v) is 5.04. The lowest BCUT2D eigenvalue weighted by Gasteiger charge is -2.14. The maximum absolute atomic E-state index is 8.84. The van der Waals surface area contributed by atoms with Gasteiger partial charge in [-0.3, -0.25) is 4.68 Å². The molecule has 0 amide bonds. The first-order chi connectivity index (χ1) is 8.52. The van der Waals surface area contributed by atoms with Crippen LogP contribution < -0.4 is 5.73 Å². The summed E-state index contributed by atoms with van der Waals surface area (Å²) in [5, 5.41) is 13.4. The van der Waals surface area contributed by atoms with Crippen molar-refractivity contribution in [1.82, 2.24) is 9.78 Å². The van der Waals surface area contributed by atoms with E-state index in [4.69, 9.17) is 11.0 Å². The van der Waals surface area contributed by atoms with E-state index >= 15 is 0 Å². The summed E-state index contributed by atoms with van der Waals surface area (Å²) >= 11 is 0. The minimum absolute atomic E-state index is 0.688. The van der Waals surface area contributed by atoms with Crippen molar-refractivity contribution in [1.29, 1.82) is 5.26 Å². The van der Waals surface area contributed by atoms with Crippen molar-refractivity contribution in [2.75, 3.05) is 0 Å². The summed E-state index contributed by atoms with van der Waals surface area (Å²) < 4.78 is 2.10. The second-order valence-electron chi connectivity index (χ2n) is 5.04. The van der Waals surface area contributed by atoms with Gasteiger partial charge in [0.25, 0.3) is 0 Å². The van der Waals surface area contributed by atoms with Gasteiger partial charge in [0.1, 0.15) is 5.54 Å². The van der Waals surface area contributed by atoms with Crippen LogP contribution >= 0.6 is 0 Å². The zero-order chi connectivity index (χ0) is 13.6. The lowest BCUT2D eigenvalue weighted by molar-refractivity contribution is 0.468. The molecule has 1 unspecified atom stereocenters. The number of aromatic nitrogens is 2. The van der Waals surface area contributed by atoms with Crippen LogP contribution in [0.1, 0.15) is 51.4 Å². The highest BCUT2D eigenvalue weighted by atomic mass is 15.3. The fourth-order valence-corrected chi connectivity index (χ4v) is 1.98. The molecule has 1 rings (SSSR count). The monoisotopic (exact) mass is 248 g/mol. The smallest absolute Gasteiger partial charge is 0.101 e. The number of hydrogen-bond donors (Lipinski definition) is 1. The van der Waals surface area contributed by atoms with Gasteiger partial charge in [0.05, 0.1) is 11.8 Å². The first-order valence-corrected chi connectivity index (χ1v) is 6.78. The zero-order valence-corrected chi connectivity index (χ0v) is 11.7. The molecule has 0 fully saturated rings. The van der Waals surface area contributed by atoms with E-state index in [0.717, 1.165) is 44.3 Å². The summed E-state index contributed by atoms with van der Waals surface area (Å²) in [6, 6.07) is 4.31. The molecule has 0 aromatic carbocycles. The molecule has 2 N–H and O–H groups in total. The quantitative estimate of drug-likeness (QED) is 0.753. The fraction of sp³-hybridized carbons (Fsp3) is 0.714. The van der Waals surface area contributed by atoms with Crippen molar-refractivity contribution in [3.05, 3.63) is 17.5 Å². The van der Waals surface area contributed by atoms with E-state index in [1.54, 1.807) is 6.92 Å². The molecule has 0 aliphatic heterocycles. The number of aryl methyl sites for hydroxylation is 3. The molecule has 100 valence electrons. The Morgan fingerprint density at radius 1 is 1.39 bits per heavy atom. The SMILES string of the molecule is CCc1cc(CC)n(CCCCC(C)(N)C#N)n1. The van der Waals surface area contributed by atoms with Crippen molar-refractivity contribution >= 4 is 0 Å². The molecule has 0 aliphatic carbocycles. The largest absolute Gasteiger partial charge is 0.314 e. The van der Waals surface area contributed by atoms with Crippen LogP contribution in [0, 0.1) is 11.3 Å². The Bertz CT molecular complexity index is 412. The maximum atomic E-state index is 8.84. The Morgan fingerprint density at radius 2 is 2.11 bits per heavy atom. The van der Waals surface area contributed by atoms with Gasteiger partial charge in [-0.2, -0.15) is 10.4 Å². The molecule has 4 nitrogen and oxygen atoms in total. The minimum Gasteiger partial charge on any atom is -0.314 e. The molecular weight excluding hydrogens is 224 g/mol. The number of unbranched alkanes of at least 4 members (excludes halogenated alkanes) is 1. The highest BCUT2D eigenvalue weighted by Crippen LogP contribution is 2.12. The number of hydrogen-bond acceptors (Lipinski definition) is 3. The van der Waals surface area contributed by atoms with Crippen LogP contribution in [0.15, 0.2) is 6.07 Å². The van der Waals surface area contributed by atoms with E-state index in [9.17, 15) is 0 Å². The predicted molar refractivity (Wildman–Crippen MR) is 73.0 cm³/mol. The molecule has 1 aromatic rings. The first-order valence-electron chi connectivity index (χ1n) is 6.78. The van der Waals surface area contributed by atoms with Gasteiger partial charge in [0, 0.05) is 12.2 Å². The molecule has 0 aliphatic rings. The number of nitriles is 1. The Morgan fingerprint density at radius 3 is 2.67 bits per heavy atom. The van der Waals surface area contributed by atoms with Crippen molar-refractivity contribution in [2.24, 2.45) is 5.73 Å². The van der Waals surface area contributed by atoms with Crippen LogP contribution in [0.4, 0.5) is 0 Å². The topological polar surface area (TPSA) is 67.6 Å². The molecule has 1 heterocycles. The molecule has 1 atom stereocenters. The van der Waals surface area contributed by atoms with Crippen LogP contribution in [0.5, 0.6) is 0 Å². The minimum atomic E-state index is -0.688. The van der Waals surface area contributed by atoms with Crippen molar-refractivity contribution in [2.45, 2.75) is 65.0 Å². The third-order valence-electron chi connectivity index (χ3n) is 3.21. The second kappa shape index (κ2) is 6.55. The van der Waals surface area contributed by atoms with Gasteiger partial charge in [-0.05, 0) is 45.1 Å². The fourth-order valence-electron chi connectivity index (χ4n) is 1.98. The van der Waals surface area contributed by atoms with Gasteiger partial charge in [0.15, 0.2) is 0 Å². The molecule has 0 saturated heterocycles. The van der Waals surface area contributed by atoms with Crippen LogP contribution in [-0.4, -0.2) is 15.3 Å². The Kier molecular flexibility index (Phi) is 5.36. The average Bonchev–Trinajstić information content (AvgIpc) is 2.77. The summed E-state index contributed by atoms with van der Waals surface area (Å²) in [6.07, 6.45) is 4.72. The zero-order valence-electron chi connectivity index (χ0n) is 11.7. The van der Waals surface area contributed by atoms with Crippen LogP contribution in [0.2, 0.25) is 0 Å². The van der Waals surface area contributed by atoms with Crippen molar-refractivity contribution in [3.63, 3.8) is 0 Å². The number of nitrogens with two attached hydrogens (primary N) is 1. The van der Waals surface area contributed by atoms with E-state index in [0.29, 0.717) is 0 Å². The summed E-state index contributed by atoms with van der Waals surface area (Å²) in [5.74, 6) is 0. The molecule has 0 radical (unpaired) electrons. The first kappa shape index (κ1) is 14.7. The Labute approximate surface area is 110 Å². The van der Waals surface area contributed by atoms with Crippen LogP contribution in [0.3, 0.4) is 0 Å². The predicted octanol–water partition coefficient (Wildman–Crippen LogP) is 2.42. The number of rotatable bonds is 7.